The van der Waals surface area contributed by atoms with Gasteiger partial charge in [-0.1, -0.05) is 6.07 Å². The van der Waals surface area contributed by atoms with Gasteiger partial charge in [-0.05, 0) is 17.7 Å². The predicted octanol–water partition coefficient (Wildman–Crippen LogP) is 0.146. The molecule has 1 atom stereocenters. The topological polar surface area (TPSA) is 81.5 Å². The highest BCUT2D eigenvalue weighted by Crippen LogP contribution is 2.22. The van der Waals surface area contributed by atoms with E-state index in [1.54, 1.807) is 13.2 Å². The minimum Gasteiger partial charge on any atom is -0.496 e. The Morgan fingerprint density at radius 2 is 2.21 bits per heavy atom. The van der Waals surface area contributed by atoms with Gasteiger partial charge in [0.2, 0.25) is 0 Å². The molecule has 1 rings (SSSR count). The van der Waals surface area contributed by atoms with E-state index in [2.05, 4.69) is 0 Å². The van der Waals surface area contributed by atoms with Crippen LogP contribution in [0.5, 0.6) is 5.75 Å². The zero-order valence-electron chi connectivity index (χ0n) is 8.23. The van der Waals surface area contributed by atoms with Gasteiger partial charge in [-0.25, -0.2) is 0 Å². The molecular formula is C10H16N2O2. The van der Waals surface area contributed by atoms with Crippen LogP contribution in [0.3, 0.4) is 0 Å². The van der Waals surface area contributed by atoms with Crippen LogP contribution in [0.1, 0.15) is 17.2 Å². The Hall–Kier alpha value is -1.10. The molecule has 0 aliphatic heterocycles. The molecule has 0 saturated carbocycles. The second-order valence-electron chi connectivity index (χ2n) is 3.07. The van der Waals surface area contributed by atoms with Gasteiger partial charge < -0.3 is 21.3 Å². The van der Waals surface area contributed by atoms with E-state index in [1.165, 1.54) is 0 Å². The van der Waals surface area contributed by atoms with Crippen molar-refractivity contribution < 1.29 is 9.84 Å². The Morgan fingerprint density at radius 1 is 1.50 bits per heavy atom. The van der Waals surface area contributed by atoms with Crippen LogP contribution in [0.25, 0.3) is 0 Å². The molecule has 0 spiro atoms. The first-order chi connectivity index (χ1) is 6.72. The quantitative estimate of drug-likeness (QED) is 0.640. The van der Waals surface area contributed by atoms with Gasteiger partial charge in [-0.2, -0.15) is 0 Å². The van der Waals surface area contributed by atoms with Crippen LogP contribution in [-0.4, -0.2) is 18.8 Å². The molecular weight excluding hydrogens is 180 g/mol. The summed E-state index contributed by atoms with van der Waals surface area (Å²) in [6, 6.07) is 5.27. The molecule has 0 saturated heterocycles. The third kappa shape index (κ3) is 2.23. The summed E-state index contributed by atoms with van der Waals surface area (Å²) >= 11 is 0. The van der Waals surface area contributed by atoms with Crippen LogP contribution in [0, 0.1) is 0 Å². The van der Waals surface area contributed by atoms with Crippen LogP contribution in [-0.2, 0) is 6.61 Å². The van der Waals surface area contributed by atoms with E-state index >= 15 is 0 Å². The summed E-state index contributed by atoms with van der Waals surface area (Å²) in [6.07, 6.45) is 0. The molecule has 4 heteroatoms. The van der Waals surface area contributed by atoms with Gasteiger partial charge in [0.05, 0.1) is 13.7 Å². The van der Waals surface area contributed by atoms with Crippen molar-refractivity contribution in [1.82, 2.24) is 0 Å². The Balaban J connectivity index is 3.01. The second-order valence-corrected chi connectivity index (χ2v) is 3.07. The van der Waals surface area contributed by atoms with E-state index < -0.39 is 0 Å². The number of hydrogen-bond donors (Lipinski definition) is 3. The number of hydrogen-bond acceptors (Lipinski definition) is 4. The third-order valence-electron chi connectivity index (χ3n) is 2.16. The van der Waals surface area contributed by atoms with Gasteiger partial charge in [0.25, 0.3) is 0 Å². The maximum atomic E-state index is 9.08. The highest BCUT2D eigenvalue weighted by Gasteiger charge is 2.07. The first kappa shape index (κ1) is 11.0. The van der Waals surface area contributed by atoms with Crippen molar-refractivity contribution in [3.05, 3.63) is 29.3 Å². The van der Waals surface area contributed by atoms with Gasteiger partial charge in [0.1, 0.15) is 5.75 Å². The highest BCUT2D eigenvalue weighted by atomic mass is 16.5. The molecule has 0 aliphatic carbocycles. The smallest absolute Gasteiger partial charge is 0.124 e. The number of aliphatic hydroxyl groups excluding tert-OH is 1. The van der Waals surface area contributed by atoms with Gasteiger partial charge >= 0.3 is 0 Å². The van der Waals surface area contributed by atoms with Crippen molar-refractivity contribution in [2.24, 2.45) is 11.5 Å². The van der Waals surface area contributed by atoms with E-state index in [9.17, 15) is 0 Å². The molecule has 0 fully saturated rings. The molecule has 78 valence electrons. The van der Waals surface area contributed by atoms with Crippen LogP contribution in [0.2, 0.25) is 0 Å². The summed E-state index contributed by atoms with van der Waals surface area (Å²) < 4.78 is 5.07. The standard InChI is InChI=1S/C10H16N2O2/c1-14-10-3-2-7(9(12)5-11)4-8(10)6-13/h2-4,9,13H,5-6,11-12H2,1H3/t9-/m1/s1. The fourth-order valence-electron chi connectivity index (χ4n) is 1.29. The van der Waals surface area contributed by atoms with Crippen LogP contribution in [0.15, 0.2) is 18.2 Å². The van der Waals surface area contributed by atoms with Gasteiger partial charge in [-0.15, -0.1) is 0 Å². The fraction of sp³-hybridized carbons (Fsp3) is 0.400. The molecule has 0 heterocycles. The Kier molecular flexibility index (Phi) is 3.88. The normalized spacial score (nSPS) is 12.6. The van der Waals surface area contributed by atoms with Gasteiger partial charge in [0, 0.05) is 18.2 Å². The fourth-order valence-corrected chi connectivity index (χ4v) is 1.29. The lowest BCUT2D eigenvalue weighted by Crippen LogP contribution is -2.20. The number of methoxy groups -OCH3 is 1. The van der Waals surface area contributed by atoms with E-state index in [0.717, 1.165) is 11.1 Å². The van der Waals surface area contributed by atoms with Crippen molar-refractivity contribution in [2.45, 2.75) is 12.6 Å². The lowest BCUT2D eigenvalue weighted by atomic mass is 10.0. The summed E-state index contributed by atoms with van der Waals surface area (Å²) in [5.74, 6) is 0.667. The largest absolute Gasteiger partial charge is 0.496 e. The number of benzene rings is 1. The van der Waals surface area contributed by atoms with Crippen molar-refractivity contribution in [2.75, 3.05) is 13.7 Å². The molecule has 0 amide bonds. The van der Waals surface area contributed by atoms with Crippen molar-refractivity contribution in [3.63, 3.8) is 0 Å². The van der Waals surface area contributed by atoms with Crippen LogP contribution in [0.4, 0.5) is 0 Å². The van der Waals surface area contributed by atoms with Crippen LogP contribution < -0.4 is 16.2 Å². The van der Waals surface area contributed by atoms with Gasteiger partial charge in [0.15, 0.2) is 0 Å². The van der Waals surface area contributed by atoms with Crippen LogP contribution >= 0.6 is 0 Å². The van der Waals surface area contributed by atoms with Crippen molar-refractivity contribution in [3.8, 4) is 5.75 Å². The number of aliphatic hydroxyl groups is 1. The first-order valence-electron chi connectivity index (χ1n) is 4.46. The number of nitrogens with two attached hydrogens (primary N) is 2. The van der Waals surface area contributed by atoms with E-state index in [4.69, 9.17) is 21.3 Å². The Labute approximate surface area is 83.5 Å². The molecule has 5 N–H and O–H groups in total. The summed E-state index contributed by atoms with van der Waals surface area (Å²) in [5.41, 5.74) is 12.9. The zero-order valence-corrected chi connectivity index (χ0v) is 8.23. The monoisotopic (exact) mass is 196 g/mol. The summed E-state index contributed by atoms with van der Waals surface area (Å²) in [7, 11) is 1.57. The predicted molar refractivity (Wildman–Crippen MR) is 54.9 cm³/mol. The maximum absolute atomic E-state index is 9.08. The average molecular weight is 196 g/mol. The zero-order chi connectivity index (χ0) is 10.6. The minimum absolute atomic E-state index is 0.0612. The molecule has 1 aromatic rings. The Bertz CT molecular complexity index is 302. The van der Waals surface area contributed by atoms with E-state index in [-0.39, 0.29) is 12.6 Å². The number of ether oxygens (including phenoxy) is 1. The first-order valence-corrected chi connectivity index (χ1v) is 4.46. The molecule has 14 heavy (non-hydrogen) atoms. The third-order valence-corrected chi connectivity index (χ3v) is 2.16. The average Bonchev–Trinajstić information content (AvgIpc) is 2.26. The highest BCUT2D eigenvalue weighted by molar-refractivity contribution is 5.38. The van der Waals surface area contributed by atoms with Crippen molar-refractivity contribution >= 4 is 0 Å². The minimum atomic E-state index is -0.189. The van der Waals surface area contributed by atoms with Gasteiger partial charge in [-0.3, -0.25) is 0 Å². The molecule has 4 nitrogen and oxygen atoms in total. The molecule has 0 aromatic heterocycles. The van der Waals surface area contributed by atoms with E-state index in [0.29, 0.717) is 12.3 Å². The van der Waals surface area contributed by atoms with E-state index in [1.807, 2.05) is 12.1 Å². The molecule has 0 radical (unpaired) electrons. The summed E-state index contributed by atoms with van der Waals surface area (Å²) in [4.78, 5) is 0. The summed E-state index contributed by atoms with van der Waals surface area (Å²) in [5, 5.41) is 9.08. The van der Waals surface area contributed by atoms with Crippen molar-refractivity contribution in [1.29, 1.82) is 0 Å². The SMILES string of the molecule is COc1ccc([C@H](N)CN)cc1CO. The molecule has 1 aromatic carbocycles. The second kappa shape index (κ2) is 4.95. The Morgan fingerprint density at radius 3 is 2.71 bits per heavy atom. The molecule has 0 unspecified atom stereocenters. The number of rotatable bonds is 4. The lowest BCUT2D eigenvalue weighted by Gasteiger charge is -2.12. The molecule has 0 bridgehead atoms. The maximum Gasteiger partial charge on any atom is 0.124 e. The lowest BCUT2D eigenvalue weighted by molar-refractivity contribution is 0.273. The molecule has 0 aliphatic rings. The summed E-state index contributed by atoms with van der Waals surface area (Å²) in [6.45, 7) is 0.325.